The van der Waals surface area contributed by atoms with Crippen LogP contribution < -0.4 is 0 Å². The third-order valence-electron chi connectivity index (χ3n) is 5.98. The van der Waals surface area contributed by atoms with Gasteiger partial charge in [0, 0.05) is 0 Å². The largest absolute Gasteiger partial charge is 0.390 e. The van der Waals surface area contributed by atoms with Crippen LogP contribution in [-0.4, -0.2) is 22.4 Å². The third-order valence-corrected chi connectivity index (χ3v) is 5.98. The van der Waals surface area contributed by atoms with Crippen LogP contribution in [0.3, 0.4) is 0 Å². The van der Waals surface area contributed by atoms with Gasteiger partial charge in [0.25, 0.3) is 0 Å². The average molecular weight is 238 g/mol. The molecule has 1 N–H and O–H groups in total. The van der Waals surface area contributed by atoms with Crippen molar-refractivity contribution in [1.29, 1.82) is 0 Å². The Bertz CT molecular complexity index is 323. The van der Waals surface area contributed by atoms with Gasteiger partial charge in [-0.05, 0) is 63.2 Å². The first-order valence-electron chi connectivity index (χ1n) is 7.26. The molecule has 6 atom stereocenters. The number of ether oxygens (including phenoxy) is 1. The monoisotopic (exact) mass is 238 g/mol. The first-order valence-corrected chi connectivity index (χ1v) is 7.26. The van der Waals surface area contributed by atoms with Gasteiger partial charge in [-0.1, -0.05) is 13.8 Å². The fraction of sp³-hybridized carbons (Fsp3) is 1.00. The van der Waals surface area contributed by atoms with E-state index in [0.29, 0.717) is 23.7 Å². The highest BCUT2D eigenvalue weighted by molar-refractivity contribution is 5.12. The molecule has 0 aromatic heterocycles. The van der Waals surface area contributed by atoms with E-state index >= 15 is 0 Å². The molecule has 0 aromatic carbocycles. The molecule has 4 fully saturated rings. The van der Waals surface area contributed by atoms with Crippen molar-refractivity contribution >= 4 is 0 Å². The molecule has 2 heterocycles. The summed E-state index contributed by atoms with van der Waals surface area (Å²) in [6, 6.07) is 0. The van der Waals surface area contributed by atoms with Gasteiger partial charge in [-0.25, -0.2) is 0 Å². The van der Waals surface area contributed by atoms with Crippen molar-refractivity contribution in [3.63, 3.8) is 0 Å². The summed E-state index contributed by atoms with van der Waals surface area (Å²) in [5, 5.41) is 10.7. The van der Waals surface area contributed by atoms with Crippen molar-refractivity contribution in [1.82, 2.24) is 0 Å². The Balaban J connectivity index is 2.00. The second-order valence-electron chi connectivity index (χ2n) is 7.34. The molecule has 0 unspecified atom stereocenters. The van der Waals surface area contributed by atoms with Crippen LogP contribution >= 0.6 is 0 Å². The lowest BCUT2D eigenvalue weighted by atomic mass is 9.51. The molecule has 98 valence electrons. The van der Waals surface area contributed by atoms with E-state index in [2.05, 4.69) is 27.7 Å². The zero-order valence-corrected chi connectivity index (χ0v) is 11.6. The van der Waals surface area contributed by atoms with Gasteiger partial charge in [-0.2, -0.15) is 0 Å². The number of rotatable bonds is 1. The number of hydrogen-bond acceptors (Lipinski definition) is 2. The lowest BCUT2D eigenvalue weighted by molar-refractivity contribution is -0.329. The lowest BCUT2D eigenvalue weighted by Crippen LogP contribution is -2.70. The lowest BCUT2D eigenvalue weighted by Gasteiger charge is -2.65. The van der Waals surface area contributed by atoms with E-state index in [-0.39, 0.29) is 17.3 Å². The van der Waals surface area contributed by atoms with Crippen LogP contribution in [0.2, 0.25) is 0 Å². The molecule has 0 spiro atoms. The number of hydrogen-bond donors (Lipinski definition) is 1. The Kier molecular flexibility index (Phi) is 2.45. The third kappa shape index (κ3) is 1.46. The van der Waals surface area contributed by atoms with E-state index in [1.807, 2.05) is 0 Å². The second kappa shape index (κ2) is 3.48. The molecule has 2 aliphatic carbocycles. The van der Waals surface area contributed by atoms with Gasteiger partial charge in [0.15, 0.2) is 0 Å². The maximum atomic E-state index is 10.7. The molecule has 2 saturated carbocycles. The van der Waals surface area contributed by atoms with E-state index in [9.17, 15) is 5.11 Å². The standard InChI is InChI=1S/C15H26O2/c1-9(2)10-5-7-14(3)11-6-8-15(4,17-14)13(16)12(10)11/h9-13,16H,5-8H2,1-4H3/t10-,11-,12-,13-,14+,15+/m1/s1. The summed E-state index contributed by atoms with van der Waals surface area (Å²) in [6.07, 6.45) is 4.44. The summed E-state index contributed by atoms with van der Waals surface area (Å²) in [5.41, 5.74) is -0.232. The van der Waals surface area contributed by atoms with E-state index in [4.69, 9.17) is 4.74 Å². The molecule has 2 aliphatic heterocycles. The van der Waals surface area contributed by atoms with Crippen molar-refractivity contribution in [2.24, 2.45) is 23.7 Å². The minimum absolute atomic E-state index is 0.0439. The zero-order valence-electron chi connectivity index (χ0n) is 11.6. The average Bonchev–Trinajstić information content (AvgIpc) is 2.23. The van der Waals surface area contributed by atoms with Crippen molar-refractivity contribution in [2.75, 3.05) is 0 Å². The first kappa shape index (κ1) is 12.0. The van der Waals surface area contributed by atoms with E-state index in [1.165, 1.54) is 19.3 Å². The van der Waals surface area contributed by atoms with Crippen LogP contribution in [0.1, 0.15) is 53.4 Å². The van der Waals surface area contributed by atoms with Crippen molar-refractivity contribution < 1.29 is 9.84 Å². The Hall–Kier alpha value is -0.0800. The molecule has 4 aliphatic rings. The SMILES string of the molecule is CC(C)[C@H]1CC[C@]2(C)O[C@@]3(C)CC[C@@H]2[C@@H]1[C@H]3O. The predicted octanol–water partition coefficient (Wildman–Crippen LogP) is 2.99. The summed E-state index contributed by atoms with van der Waals surface area (Å²) in [4.78, 5) is 0. The van der Waals surface area contributed by atoms with Gasteiger partial charge in [-0.3, -0.25) is 0 Å². The minimum Gasteiger partial charge on any atom is -0.390 e. The number of aliphatic hydroxyl groups excluding tert-OH is 1. The number of fused-ring (bicyclic) bond motifs is 1. The quantitative estimate of drug-likeness (QED) is 0.761. The van der Waals surface area contributed by atoms with Crippen LogP contribution in [0, 0.1) is 23.7 Å². The molecule has 0 aromatic rings. The van der Waals surface area contributed by atoms with Crippen molar-refractivity contribution in [3.8, 4) is 0 Å². The Labute approximate surface area is 105 Å². The fourth-order valence-electron chi connectivity index (χ4n) is 5.03. The van der Waals surface area contributed by atoms with Gasteiger partial charge in [0.1, 0.15) is 0 Å². The van der Waals surface area contributed by atoms with Crippen molar-refractivity contribution in [2.45, 2.75) is 70.7 Å². The summed E-state index contributed by atoms with van der Waals surface area (Å²) < 4.78 is 6.32. The molecule has 4 bridgehead atoms. The molecule has 2 saturated heterocycles. The highest BCUT2D eigenvalue weighted by Gasteiger charge is 2.63. The highest BCUT2D eigenvalue weighted by atomic mass is 16.5. The zero-order chi connectivity index (χ0) is 12.4. The molecular weight excluding hydrogens is 212 g/mol. The Morgan fingerprint density at radius 2 is 1.76 bits per heavy atom. The van der Waals surface area contributed by atoms with Crippen LogP contribution in [-0.2, 0) is 4.74 Å². The molecule has 2 heteroatoms. The summed E-state index contributed by atoms with van der Waals surface area (Å²) in [7, 11) is 0. The topological polar surface area (TPSA) is 29.5 Å². The van der Waals surface area contributed by atoms with Crippen LogP contribution in [0.4, 0.5) is 0 Å². The van der Waals surface area contributed by atoms with E-state index in [0.717, 1.165) is 6.42 Å². The van der Waals surface area contributed by atoms with Gasteiger partial charge in [0.05, 0.1) is 17.3 Å². The van der Waals surface area contributed by atoms with Crippen LogP contribution in [0.5, 0.6) is 0 Å². The highest BCUT2D eigenvalue weighted by Crippen LogP contribution is 2.60. The predicted molar refractivity (Wildman–Crippen MR) is 67.7 cm³/mol. The first-order chi connectivity index (χ1) is 7.87. The summed E-state index contributed by atoms with van der Waals surface area (Å²) in [6.45, 7) is 9.03. The number of aliphatic hydroxyl groups is 1. The van der Waals surface area contributed by atoms with Gasteiger partial charge >= 0.3 is 0 Å². The summed E-state index contributed by atoms with van der Waals surface area (Å²) >= 11 is 0. The molecule has 4 rings (SSSR count). The normalized spacial score (nSPS) is 57.5. The molecule has 2 nitrogen and oxygen atoms in total. The second-order valence-corrected chi connectivity index (χ2v) is 7.34. The van der Waals surface area contributed by atoms with Crippen LogP contribution in [0.25, 0.3) is 0 Å². The van der Waals surface area contributed by atoms with Crippen LogP contribution in [0.15, 0.2) is 0 Å². The molecule has 0 radical (unpaired) electrons. The molecule has 17 heavy (non-hydrogen) atoms. The molecular formula is C15H26O2. The van der Waals surface area contributed by atoms with Gasteiger partial charge < -0.3 is 9.84 Å². The molecule has 0 amide bonds. The maximum absolute atomic E-state index is 10.7. The Morgan fingerprint density at radius 3 is 2.41 bits per heavy atom. The summed E-state index contributed by atoms with van der Waals surface area (Å²) in [5.74, 6) is 2.43. The maximum Gasteiger partial charge on any atom is 0.0922 e. The minimum atomic E-state index is -0.276. The van der Waals surface area contributed by atoms with Gasteiger partial charge in [-0.15, -0.1) is 0 Å². The van der Waals surface area contributed by atoms with E-state index < -0.39 is 0 Å². The Morgan fingerprint density at radius 1 is 1.12 bits per heavy atom. The fourth-order valence-corrected chi connectivity index (χ4v) is 5.03. The smallest absolute Gasteiger partial charge is 0.0922 e. The van der Waals surface area contributed by atoms with Gasteiger partial charge in [0.2, 0.25) is 0 Å². The van der Waals surface area contributed by atoms with Crippen molar-refractivity contribution in [3.05, 3.63) is 0 Å². The van der Waals surface area contributed by atoms with E-state index in [1.54, 1.807) is 0 Å².